The lowest BCUT2D eigenvalue weighted by molar-refractivity contribution is -0.385. The number of carbonyl (C=O) groups is 2. The molecule has 1 fully saturated rings. The van der Waals surface area contributed by atoms with Gasteiger partial charge in [0.15, 0.2) is 0 Å². The number of hydrogen-bond donors (Lipinski definition) is 1. The molecule has 0 spiro atoms. The van der Waals surface area contributed by atoms with E-state index in [0.29, 0.717) is 40.6 Å². The zero-order valence-corrected chi connectivity index (χ0v) is 16.0. The van der Waals surface area contributed by atoms with Crippen LogP contribution in [0.1, 0.15) is 31.2 Å². The van der Waals surface area contributed by atoms with Gasteiger partial charge in [-0.05, 0) is 31.1 Å². The predicted molar refractivity (Wildman–Crippen MR) is 108 cm³/mol. The summed E-state index contributed by atoms with van der Waals surface area (Å²) in [6.07, 6.45) is 6.85. The Morgan fingerprint density at radius 3 is 2.74 bits per heavy atom. The van der Waals surface area contributed by atoms with Crippen molar-refractivity contribution in [3.8, 4) is 0 Å². The van der Waals surface area contributed by atoms with Crippen molar-refractivity contribution in [2.24, 2.45) is 0 Å². The Balaban J connectivity index is 1.96. The average Bonchev–Trinajstić information content (AvgIpc) is 2.89. The van der Waals surface area contributed by atoms with Crippen LogP contribution < -0.4 is 0 Å². The van der Waals surface area contributed by atoms with Crippen molar-refractivity contribution in [3.05, 3.63) is 57.0 Å². The van der Waals surface area contributed by atoms with Crippen molar-refractivity contribution >= 4 is 51.9 Å². The number of para-hydroxylation sites is 1. The number of thioether (sulfide) groups is 1. The molecular formula is C18H18N2O5S2. The number of carbonyl (C=O) groups excluding carboxylic acids is 1. The first-order valence-electron chi connectivity index (χ1n) is 8.27. The third kappa shape index (κ3) is 6.00. The molecule has 0 atom stereocenters. The van der Waals surface area contributed by atoms with E-state index in [1.807, 2.05) is 0 Å². The second kappa shape index (κ2) is 9.98. The molecule has 1 aromatic rings. The molecule has 1 aromatic carbocycles. The van der Waals surface area contributed by atoms with Crippen LogP contribution in [0, 0.1) is 10.1 Å². The Bertz CT molecular complexity index is 820. The molecular weight excluding hydrogens is 388 g/mol. The maximum absolute atomic E-state index is 12.4. The molecule has 0 radical (unpaired) electrons. The number of carboxylic acids is 1. The Labute approximate surface area is 165 Å². The second-order valence-corrected chi connectivity index (χ2v) is 7.41. The lowest BCUT2D eigenvalue weighted by Crippen LogP contribution is -2.29. The van der Waals surface area contributed by atoms with E-state index in [0.717, 1.165) is 0 Å². The summed E-state index contributed by atoms with van der Waals surface area (Å²) in [5.41, 5.74) is 0.448. The Morgan fingerprint density at radius 1 is 1.30 bits per heavy atom. The van der Waals surface area contributed by atoms with E-state index < -0.39 is 10.9 Å². The van der Waals surface area contributed by atoms with Crippen molar-refractivity contribution in [3.63, 3.8) is 0 Å². The number of nitro groups is 1. The summed E-state index contributed by atoms with van der Waals surface area (Å²) < 4.78 is 0.462. The highest BCUT2D eigenvalue weighted by Crippen LogP contribution is 2.31. The molecule has 1 aliphatic rings. The molecule has 142 valence electrons. The van der Waals surface area contributed by atoms with Gasteiger partial charge in [0, 0.05) is 19.0 Å². The van der Waals surface area contributed by atoms with Crippen LogP contribution in [0.15, 0.2) is 41.3 Å². The van der Waals surface area contributed by atoms with Gasteiger partial charge < -0.3 is 5.11 Å². The summed E-state index contributed by atoms with van der Waals surface area (Å²) in [7, 11) is 0. The molecule has 1 heterocycles. The van der Waals surface area contributed by atoms with E-state index in [1.54, 1.807) is 36.4 Å². The first kappa shape index (κ1) is 20.8. The molecule has 2 rings (SSSR count). The number of nitro benzene ring substituents is 1. The van der Waals surface area contributed by atoms with Crippen LogP contribution in [-0.4, -0.2) is 37.7 Å². The predicted octanol–water partition coefficient (Wildman–Crippen LogP) is 4.00. The molecule has 0 saturated carbocycles. The van der Waals surface area contributed by atoms with E-state index in [4.69, 9.17) is 17.3 Å². The van der Waals surface area contributed by atoms with Gasteiger partial charge in [0.1, 0.15) is 4.32 Å². The van der Waals surface area contributed by atoms with E-state index in [2.05, 4.69) is 0 Å². The molecule has 0 aromatic heterocycles. The van der Waals surface area contributed by atoms with Crippen LogP contribution >= 0.6 is 24.0 Å². The van der Waals surface area contributed by atoms with Gasteiger partial charge in [-0.2, -0.15) is 0 Å². The molecule has 1 N–H and O–H groups in total. The number of benzene rings is 1. The fourth-order valence-corrected chi connectivity index (χ4v) is 3.72. The van der Waals surface area contributed by atoms with Gasteiger partial charge in [0.05, 0.1) is 15.4 Å². The van der Waals surface area contributed by atoms with Crippen LogP contribution in [0.2, 0.25) is 0 Å². The number of unbranched alkanes of at least 4 members (excludes halogenated alkanes) is 2. The van der Waals surface area contributed by atoms with Crippen molar-refractivity contribution in [1.82, 2.24) is 4.90 Å². The number of rotatable bonds is 9. The topological polar surface area (TPSA) is 101 Å². The zero-order chi connectivity index (χ0) is 19.8. The largest absolute Gasteiger partial charge is 0.481 e. The molecule has 27 heavy (non-hydrogen) atoms. The molecule has 0 unspecified atom stereocenters. The highest BCUT2D eigenvalue weighted by molar-refractivity contribution is 8.26. The second-order valence-electron chi connectivity index (χ2n) is 5.74. The standard InChI is InChI=1S/C18H18N2O5S2/c21-16(22)11-2-1-5-12-19-17(23)15(27-18(19)26)10-6-8-13-7-3-4-9-14(13)20(24)25/h3-4,6-10H,1-2,5,11-12H2,(H,21,22). The van der Waals surface area contributed by atoms with E-state index >= 15 is 0 Å². The van der Waals surface area contributed by atoms with E-state index in [1.165, 1.54) is 22.7 Å². The highest BCUT2D eigenvalue weighted by Gasteiger charge is 2.30. The van der Waals surface area contributed by atoms with Crippen molar-refractivity contribution in [2.75, 3.05) is 6.54 Å². The molecule has 7 nitrogen and oxygen atoms in total. The summed E-state index contributed by atoms with van der Waals surface area (Å²) >= 11 is 6.42. The van der Waals surface area contributed by atoms with Crippen LogP contribution in [0.25, 0.3) is 6.08 Å². The maximum atomic E-state index is 12.4. The minimum atomic E-state index is -0.825. The maximum Gasteiger partial charge on any atom is 0.303 e. The monoisotopic (exact) mass is 406 g/mol. The number of allylic oxidation sites excluding steroid dienone is 2. The lowest BCUT2D eigenvalue weighted by Gasteiger charge is -2.13. The summed E-state index contributed by atoms with van der Waals surface area (Å²) in [6, 6.07) is 6.35. The van der Waals surface area contributed by atoms with E-state index in [-0.39, 0.29) is 18.0 Å². The number of hydrogen-bond acceptors (Lipinski definition) is 6. The smallest absolute Gasteiger partial charge is 0.303 e. The quantitative estimate of drug-likeness (QED) is 0.217. The van der Waals surface area contributed by atoms with Crippen LogP contribution in [0.3, 0.4) is 0 Å². The van der Waals surface area contributed by atoms with Crippen LogP contribution in [0.5, 0.6) is 0 Å². The fourth-order valence-electron chi connectivity index (χ4n) is 2.46. The number of thiocarbonyl (C=S) groups is 1. The first-order chi connectivity index (χ1) is 12.9. The van der Waals surface area contributed by atoms with Gasteiger partial charge in [0.2, 0.25) is 0 Å². The minimum absolute atomic E-state index is 0.00365. The average molecular weight is 406 g/mol. The number of aliphatic carboxylic acids is 1. The van der Waals surface area contributed by atoms with Gasteiger partial charge in [-0.15, -0.1) is 0 Å². The van der Waals surface area contributed by atoms with Gasteiger partial charge in [0.25, 0.3) is 11.6 Å². The molecule has 0 bridgehead atoms. The first-order valence-corrected chi connectivity index (χ1v) is 9.50. The number of carboxylic acid groups (broad SMARTS) is 1. The number of amides is 1. The fraction of sp³-hybridized carbons (Fsp3) is 0.278. The van der Waals surface area contributed by atoms with E-state index in [9.17, 15) is 19.7 Å². The normalized spacial score (nSPS) is 15.9. The van der Waals surface area contributed by atoms with Gasteiger partial charge in [-0.3, -0.25) is 24.6 Å². The summed E-state index contributed by atoms with van der Waals surface area (Å²) in [4.78, 5) is 35.4. The van der Waals surface area contributed by atoms with Gasteiger partial charge >= 0.3 is 5.97 Å². The van der Waals surface area contributed by atoms with Crippen molar-refractivity contribution < 1.29 is 19.6 Å². The summed E-state index contributed by atoms with van der Waals surface area (Å²) in [6.45, 7) is 0.454. The van der Waals surface area contributed by atoms with Crippen molar-refractivity contribution in [1.29, 1.82) is 0 Å². The third-order valence-electron chi connectivity index (χ3n) is 3.80. The Kier molecular flexibility index (Phi) is 7.68. The van der Waals surface area contributed by atoms with Crippen molar-refractivity contribution in [2.45, 2.75) is 25.7 Å². The van der Waals surface area contributed by atoms with Crippen LogP contribution in [0.4, 0.5) is 5.69 Å². The molecule has 1 aliphatic heterocycles. The number of nitrogens with zero attached hydrogens (tertiary/aromatic N) is 2. The highest BCUT2D eigenvalue weighted by atomic mass is 32.2. The zero-order valence-electron chi connectivity index (χ0n) is 14.4. The summed E-state index contributed by atoms with van der Waals surface area (Å²) in [5.74, 6) is -1.02. The molecule has 1 amide bonds. The SMILES string of the molecule is O=C(O)CCCCCN1C(=O)C(=CC=Cc2ccccc2[N+](=O)[O-])SC1=S. The van der Waals surface area contributed by atoms with Gasteiger partial charge in [-0.25, -0.2) is 0 Å². The minimum Gasteiger partial charge on any atom is -0.481 e. The molecule has 0 aliphatic carbocycles. The molecule has 9 heteroatoms. The van der Waals surface area contributed by atoms with Gasteiger partial charge in [-0.1, -0.05) is 48.6 Å². The lowest BCUT2D eigenvalue weighted by atomic mass is 10.1. The third-order valence-corrected chi connectivity index (χ3v) is 5.20. The molecule has 1 saturated heterocycles. The Hall–Kier alpha value is -2.52. The summed E-state index contributed by atoms with van der Waals surface area (Å²) in [5, 5.41) is 19.6. The van der Waals surface area contributed by atoms with Crippen LogP contribution in [-0.2, 0) is 9.59 Å². The Morgan fingerprint density at radius 2 is 2.04 bits per heavy atom.